The van der Waals surface area contributed by atoms with E-state index in [-0.39, 0.29) is 0 Å². The van der Waals surface area contributed by atoms with Crippen LogP contribution in [0.4, 0.5) is 0 Å². The van der Waals surface area contributed by atoms with E-state index in [1.54, 1.807) is 7.11 Å². The van der Waals surface area contributed by atoms with Crippen LogP contribution in [0.3, 0.4) is 0 Å². The van der Waals surface area contributed by atoms with E-state index in [0.29, 0.717) is 5.92 Å². The molecule has 0 aliphatic rings. The molecule has 1 rings (SSSR count). The van der Waals surface area contributed by atoms with E-state index in [9.17, 15) is 0 Å². The summed E-state index contributed by atoms with van der Waals surface area (Å²) in [6.45, 7) is 4.78. The van der Waals surface area contributed by atoms with Gasteiger partial charge in [-0.3, -0.25) is 0 Å². The summed E-state index contributed by atoms with van der Waals surface area (Å²) in [6, 6.07) is 10.5. The minimum absolute atomic E-state index is 0.477. The standard InChI is InChI=1S/C14H21NO/c1-13(14-8-4-3-5-9-14)7-6-10-15-11-12-16-2/h3-9,13,15H,10-12H2,1-2H3/b7-6+. The van der Waals surface area contributed by atoms with Crippen molar-refractivity contribution in [1.29, 1.82) is 0 Å². The van der Waals surface area contributed by atoms with Gasteiger partial charge in [0.05, 0.1) is 6.61 Å². The first-order chi connectivity index (χ1) is 7.84. The van der Waals surface area contributed by atoms with E-state index >= 15 is 0 Å². The number of rotatable bonds is 7. The quantitative estimate of drug-likeness (QED) is 0.562. The number of methoxy groups -OCH3 is 1. The van der Waals surface area contributed by atoms with Crippen molar-refractivity contribution in [1.82, 2.24) is 5.32 Å². The summed E-state index contributed by atoms with van der Waals surface area (Å²) in [5.41, 5.74) is 1.36. The fraction of sp³-hybridized carbons (Fsp3) is 0.429. The second kappa shape index (κ2) is 8.08. The summed E-state index contributed by atoms with van der Waals surface area (Å²) in [6.07, 6.45) is 4.41. The van der Waals surface area contributed by atoms with Gasteiger partial charge in [0.2, 0.25) is 0 Å². The highest BCUT2D eigenvalue weighted by Crippen LogP contribution is 2.15. The minimum atomic E-state index is 0.477. The van der Waals surface area contributed by atoms with Gasteiger partial charge in [0.15, 0.2) is 0 Å². The Bertz CT molecular complexity index is 295. The maximum absolute atomic E-state index is 4.95. The summed E-state index contributed by atoms with van der Waals surface area (Å²) in [5.74, 6) is 0.477. The van der Waals surface area contributed by atoms with Crippen LogP contribution in [0.25, 0.3) is 0 Å². The Kier molecular flexibility index (Phi) is 6.54. The molecule has 0 spiro atoms. The fourth-order valence-corrected chi connectivity index (χ4v) is 1.50. The third-order valence-corrected chi connectivity index (χ3v) is 2.50. The Morgan fingerprint density at radius 3 is 2.75 bits per heavy atom. The molecule has 1 atom stereocenters. The highest BCUT2D eigenvalue weighted by Gasteiger charge is 1.98. The molecule has 0 aliphatic carbocycles. The van der Waals surface area contributed by atoms with E-state index in [2.05, 4.69) is 48.7 Å². The van der Waals surface area contributed by atoms with Gasteiger partial charge in [-0.25, -0.2) is 0 Å². The van der Waals surface area contributed by atoms with Gasteiger partial charge < -0.3 is 10.1 Å². The molecule has 2 heteroatoms. The Balaban J connectivity index is 2.24. The van der Waals surface area contributed by atoms with Gasteiger partial charge in [-0.15, -0.1) is 0 Å². The van der Waals surface area contributed by atoms with Crippen molar-refractivity contribution < 1.29 is 4.74 Å². The second-order valence-corrected chi connectivity index (χ2v) is 3.82. The summed E-state index contributed by atoms with van der Waals surface area (Å²) < 4.78 is 4.95. The number of hydrogen-bond donors (Lipinski definition) is 1. The second-order valence-electron chi connectivity index (χ2n) is 3.82. The molecular weight excluding hydrogens is 198 g/mol. The third kappa shape index (κ3) is 5.10. The maximum atomic E-state index is 4.95. The van der Waals surface area contributed by atoms with Gasteiger partial charge >= 0.3 is 0 Å². The fourth-order valence-electron chi connectivity index (χ4n) is 1.50. The molecule has 0 amide bonds. The van der Waals surface area contributed by atoms with Crippen LogP contribution in [0, 0.1) is 0 Å². The SMILES string of the molecule is COCCNC/C=C/C(C)c1ccccc1. The maximum Gasteiger partial charge on any atom is 0.0587 e. The van der Waals surface area contributed by atoms with Crippen molar-refractivity contribution >= 4 is 0 Å². The number of nitrogens with one attached hydrogen (secondary N) is 1. The zero-order valence-electron chi connectivity index (χ0n) is 10.1. The lowest BCUT2D eigenvalue weighted by Gasteiger charge is -2.06. The average molecular weight is 219 g/mol. The molecule has 2 nitrogen and oxygen atoms in total. The Morgan fingerprint density at radius 1 is 1.31 bits per heavy atom. The molecule has 0 bridgehead atoms. The topological polar surface area (TPSA) is 21.3 Å². The van der Waals surface area contributed by atoms with E-state index in [0.717, 1.165) is 19.7 Å². The highest BCUT2D eigenvalue weighted by molar-refractivity contribution is 5.22. The van der Waals surface area contributed by atoms with Crippen LogP contribution in [0.1, 0.15) is 18.4 Å². The molecule has 1 aromatic rings. The highest BCUT2D eigenvalue weighted by atomic mass is 16.5. The molecule has 0 fully saturated rings. The largest absolute Gasteiger partial charge is 0.383 e. The van der Waals surface area contributed by atoms with Crippen LogP contribution in [0.15, 0.2) is 42.5 Å². The van der Waals surface area contributed by atoms with Crippen LogP contribution >= 0.6 is 0 Å². The molecule has 16 heavy (non-hydrogen) atoms. The van der Waals surface area contributed by atoms with Gasteiger partial charge in [-0.1, -0.05) is 49.4 Å². The molecular formula is C14H21NO. The molecule has 1 N–H and O–H groups in total. The zero-order chi connectivity index (χ0) is 11.6. The van der Waals surface area contributed by atoms with E-state index in [1.165, 1.54) is 5.56 Å². The minimum Gasteiger partial charge on any atom is -0.383 e. The van der Waals surface area contributed by atoms with Crippen LogP contribution in [0.2, 0.25) is 0 Å². The molecule has 1 aromatic carbocycles. The zero-order valence-corrected chi connectivity index (χ0v) is 10.1. The van der Waals surface area contributed by atoms with Crippen LogP contribution in [-0.4, -0.2) is 26.8 Å². The van der Waals surface area contributed by atoms with Gasteiger partial charge in [0.1, 0.15) is 0 Å². The average Bonchev–Trinajstić information content (AvgIpc) is 2.34. The van der Waals surface area contributed by atoms with Crippen LogP contribution in [0.5, 0.6) is 0 Å². The summed E-state index contributed by atoms with van der Waals surface area (Å²) in [7, 11) is 1.72. The molecule has 0 radical (unpaired) electrons. The number of benzene rings is 1. The molecule has 0 saturated carbocycles. The van der Waals surface area contributed by atoms with Crippen molar-refractivity contribution in [2.24, 2.45) is 0 Å². The smallest absolute Gasteiger partial charge is 0.0587 e. The van der Waals surface area contributed by atoms with Crippen LogP contribution in [-0.2, 0) is 4.74 Å². The van der Waals surface area contributed by atoms with Crippen molar-refractivity contribution in [3.63, 3.8) is 0 Å². The van der Waals surface area contributed by atoms with Gasteiger partial charge in [0, 0.05) is 20.2 Å². The lowest BCUT2D eigenvalue weighted by atomic mass is 10.0. The van der Waals surface area contributed by atoms with Crippen molar-refractivity contribution in [3.05, 3.63) is 48.0 Å². The summed E-state index contributed by atoms with van der Waals surface area (Å²) in [5, 5.41) is 3.28. The van der Waals surface area contributed by atoms with Gasteiger partial charge in [-0.2, -0.15) is 0 Å². The predicted octanol–water partition coefficient (Wildman–Crippen LogP) is 2.58. The number of ether oxygens (including phenoxy) is 1. The first-order valence-corrected chi connectivity index (χ1v) is 5.76. The van der Waals surface area contributed by atoms with Crippen molar-refractivity contribution in [2.75, 3.05) is 26.8 Å². The van der Waals surface area contributed by atoms with Crippen molar-refractivity contribution in [3.8, 4) is 0 Å². The first-order valence-electron chi connectivity index (χ1n) is 5.76. The van der Waals surface area contributed by atoms with Crippen LogP contribution < -0.4 is 5.32 Å². The van der Waals surface area contributed by atoms with Gasteiger partial charge in [-0.05, 0) is 11.5 Å². The molecule has 0 heterocycles. The Hall–Kier alpha value is -1.12. The predicted molar refractivity (Wildman–Crippen MR) is 68.7 cm³/mol. The number of allylic oxidation sites excluding steroid dienone is 1. The Morgan fingerprint density at radius 2 is 2.06 bits per heavy atom. The molecule has 0 aromatic heterocycles. The van der Waals surface area contributed by atoms with Gasteiger partial charge in [0.25, 0.3) is 0 Å². The third-order valence-electron chi connectivity index (χ3n) is 2.50. The lowest BCUT2D eigenvalue weighted by Crippen LogP contribution is -2.18. The van der Waals surface area contributed by atoms with E-state index in [1.807, 2.05) is 6.07 Å². The Labute approximate surface area is 98.3 Å². The lowest BCUT2D eigenvalue weighted by molar-refractivity contribution is 0.200. The van der Waals surface area contributed by atoms with E-state index in [4.69, 9.17) is 4.74 Å². The van der Waals surface area contributed by atoms with E-state index < -0.39 is 0 Å². The molecule has 88 valence electrons. The van der Waals surface area contributed by atoms with Crippen molar-refractivity contribution in [2.45, 2.75) is 12.8 Å². The molecule has 1 unspecified atom stereocenters. The first kappa shape index (κ1) is 12.9. The molecule has 0 aliphatic heterocycles. The monoisotopic (exact) mass is 219 g/mol. The normalized spacial score (nSPS) is 13.1. The molecule has 0 saturated heterocycles. The summed E-state index contributed by atoms with van der Waals surface area (Å²) >= 11 is 0. The number of hydrogen-bond acceptors (Lipinski definition) is 2. The summed E-state index contributed by atoms with van der Waals surface area (Å²) in [4.78, 5) is 0.